The second-order valence-corrected chi connectivity index (χ2v) is 5.28. The normalized spacial score (nSPS) is 10.2. The number of halogens is 1. The molecule has 0 amide bonds. The van der Waals surface area contributed by atoms with Gasteiger partial charge < -0.3 is 24.6 Å². The lowest BCUT2D eigenvalue weighted by Gasteiger charge is -2.15. The monoisotopic (exact) mass is 351 g/mol. The Morgan fingerprint density at radius 3 is 2.21 bits per heavy atom. The van der Waals surface area contributed by atoms with Crippen molar-refractivity contribution in [3.05, 3.63) is 46.5 Å². The van der Waals surface area contributed by atoms with E-state index in [1.165, 1.54) is 6.07 Å². The minimum absolute atomic E-state index is 0.0610. The van der Waals surface area contributed by atoms with Crippen LogP contribution in [0, 0.1) is 0 Å². The molecule has 0 aliphatic carbocycles. The molecule has 0 fully saturated rings. The molecule has 0 atom stereocenters. The van der Waals surface area contributed by atoms with E-state index in [4.69, 9.17) is 30.9 Å². The van der Waals surface area contributed by atoms with E-state index in [1.807, 2.05) is 6.07 Å². The predicted molar refractivity (Wildman–Crippen MR) is 91.8 cm³/mol. The third-order valence-corrected chi connectivity index (χ3v) is 3.78. The van der Waals surface area contributed by atoms with Crippen LogP contribution in [0.4, 0.5) is 5.69 Å². The van der Waals surface area contributed by atoms with Crippen molar-refractivity contribution in [2.75, 3.05) is 26.6 Å². The summed E-state index contributed by atoms with van der Waals surface area (Å²) in [4.78, 5) is 11.0. The van der Waals surface area contributed by atoms with Gasteiger partial charge in [0.15, 0.2) is 11.5 Å². The summed E-state index contributed by atoms with van der Waals surface area (Å²) >= 11 is 5.97. The van der Waals surface area contributed by atoms with E-state index >= 15 is 0 Å². The second-order valence-electron chi connectivity index (χ2n) is 4.87. The van der Waals surface area contributed by atoms with Crippen LogP contribution in [-0.2, 0) is 6.54 Å². The first-order chi connectivity index (χ1) is 11.5. The lowest BCUT2D eigenvalue weighted by atomic mass is 10.1. The van der Waals surface area contributed by atoms with Crippen LogP contribution in [-0.4, -0.2) is 32.4 Å². The van der Waals surface area contributed by atoms with Crippen molar-refractivity contribution in [2.24, 2.45) is 0 Å². The Balaban J connectivity index is 2.22. The molecule has 0 radical (unpaired) electrons. The first-order valence-corrected chi connectivity index (χ1v) is 7.43. The van der Waals surface area contributed by atoms with E-state index in [9.17, 15) is 4.79 Å². The van der Waals surface area contributed by atoms with Gasteiger partial charge in [-0.3, -0.25) is 0 Å². The fraction of sp³-hybridized carbons (Fsp3) is 0.235. The maximum atomic E-state index is 11.0. The molecule has 0 saturated carbocycles. The smallest absolute Gasteiger partial charge is 0.337 e. The Labute approximate surface area is 144 Å². The molecule has 0 aliphatic rings. The fourth-order valence-electron chi connectivity index (χ4n) is 2.23. The molecule has 0 heterocycles. The number of carboxylic acids is 1. The number of anilines is 1. The number of methoxy groups -OCH3 is 3. The van der Waals surface area contributed by atoms with Gasteiger partial charge in [0.2, 0.25) is 0 Å². The maximum absolute atomic E-state index is 11.0. The summed E-state index contributed by atoms with van der Waals surface area (Å²) < 4.78 is 15.9. The molecule has 0 aliphatic heterocycles. The Morgan fingerprint density at radius 2 is 1.67 bits per heavy atom. The number of nitrogens with one attached hydrogen (secondary N) is 1. The Bertz CT molecular complexity index is 748. The summed E-state index contributed by atoms with van der Waals surface area (Å²) in [7, 11) is 4.69. The van der Waals surface area contributed by atoms with Gasteiger partial charge in [0.25, 0.3) is 0 Å². The highest BCUT2D eigenvalue weighted by atomic mass is 35.5. The average Bonchev–Trinajstić information content (AvgIpc) is 2.58. The van der Waals surface area contributed by atoms with Gasteiger partial charge in [-0.15, -0.1) is 0 Å². The van der Waals surface area contributed by atoms with Crippen LogP contribution in [0.25, 0.3) is 0 Å². The van der Waals surface area contributed by atoms with E-state index in [1.54, 1.807) is 39.5 Å². The van der Waals surface area contributed by atoms with Crippen LogP contribution >= 0.6 is 11.6 Å². The van der Waals surface area contributed by atoms with E-state index in [0.717, 1.165) is 5.56 Å². The lowest BCUT2D eigenvalue weighted by molar-refractivity contribution is 0.0697. The summed E-state index contributed by atoms with van der Waals surface area (Å²) in [6, 6.07) is 8.24. The third-order valence-electron chi connectivity index (χ3n) is 3.47. The van der Waals surface area contributed by atoms with Crippen molar-refractivity contribution in [3.8, 4) is 17.2 Å². The quantitative estimate of drug-likeness (QED) is 0.792. The van der Waals surface area contributed by atoms with Gasteiger partial charge in [0.1, 0.15) is 5.75 Å². The number of rotatable bonds is 7. The average molecular weight is 352 g/mol. The number of ether oxygens (including phenoxy) is 3. The highest BCUT2D eigenvalue weighted by molar-refractivity contribution is 6.33. The molecule has 2 N–H and O–H groups in total. The number of hydrogen-bond acceptors (Lipinski definition) is 5. The molecule has 6 nitrogen and oxygen atoms in total. The second kappa shape index (κ2) is 7.79. The highest BCUT2D eigenvalue weighted by Crippen LogP contribution is 2.35. The van der Waals surface area contributed by atoms with Crippen molar-refractivity contribution in [3.63, 3.8) is 0 Å². The minimum Gasteiger partial charge on any atom is -0.496 e. The first-order valence-electron chi connectivity index (χ1n) is 7.05. The van der Waals surface area contributed by atoms with Crippen LogP contribution < -0.4 is 19.5 Å². The number of carbonyl (C=O) groups is 1. The third kappa shape index (κ3) is 3.83. The van der Waals surface area contributed by atoms with Crippen molar-refractivity contribution in [1.82, 2.24) is 0 Å². The van der Waals surface area contributed by atoms with Gasteiger partial charge in [0.05, 0.1) is 31.9 Å². The number of benzene rings is 2. The van der Waals surface area contributed by atoms with Crippen molar-refractivity contribution in [1.29, 1.82) is 0 Å². The zero-order chi connectivity index (χ0) is 17.7. The van der Waals surface area contributed by atoms with Crippen LogP contribution in [0.2, 0.25) is 5.02 Å². The SMILES string of the molecule is COc1cc(OC)c(OC)cc1CNc1ccc(C(=O)O)c(Cl)c1. The summed E-state index contributed by atoms with van der Waals surface area (Å²) in [6.07, 6.45) is 0. The van der Waals surface area contributed by atoms with E-state index in [-0.39, 0.29) is 10.6 Å². The Morgan fingerprint density at radius 1 is 1.04 bits per heavy atom. The van der Waals surface area contributed by atoms with Crippen molar-refractivity contribution < 1.29 is 24.1 Å². The van der Waals surface area contributed by atoms with Gasteiger partial charge >= 0.3 is 5.97 Å². The minimum atomic E-state index is -1.06. The van der Waals surface area contributed by atoms with E-state index < -0.39 is 5.97 Å². The summed E-state index contributed by atoms with van der Waals surface area (Å²) in [6.45, 7) is 0.437. The number of carboxylic acid groups (broad SMARTS) is 1. The van der Waals surface area contributed by atoms with Gasteiger partial charge in [-0.25, -0.2) is 4.79 Å². The molecule has 0 aromatic heterocycles. The van der Waals surface area contributed by atoms with Crippen molar-refractivity contribution >= 4 is 23.3 Å². The van der Waals surface area contributed by atoms with Crippen molar-refractivity contribution in [2.45, 2.75) is 6.54 Å². The molecular formula is C17H18ClNO5. The van der Waals surface area contributed by atoms with E-state index in [0.29, 0.717) is 29.5 Å². The molecule has 2 rings (SSSR count). The summed E-state index contributed by atoms with van der Waals surface area (Å²) in [5.41, 5.74) is 1.61. The van der Waals surface area contributed by atoms with E-state index in [2.05, 4.69) is 5.32 Å². The molecule has 7 heteroatoms. The topological polar surface area (TPSA) is 77.0 Å². The van der Waals surface area contributed by atoms with Gasteiger partial charge in [-0.2, -0.15) is 0 Å². The molecule has 0 saturated heterocycles. The zero-order valence-corrected chi connectivity index (χ0v) is 14.3. The Hall–Kier alpha value is -2.60. The van der Waals surface area contributed by atoms with Gasteiger partial charge in [0, 0.05) is 23.9 Å². The lowest BCUT2D eigenvalue weighted by Crippen LogP contribution is -2.04. The molecule has 2 aromatic rings. The molecule has 24 heavy (non-hydrogen) atoms. The van der Waals surface area contributed by atoms with Crippen LogP contribution in [0.1, 0.15) is 15.9 Å². The Kier molecular flexibility index (Phi) is 5.76. The molecule has 0 spiro atoms. The van der Waals surface area contributed by atoms with Crippen LogP contribution in [0.15, 0.2) is 30.3 Å². The standard InChI is InChI=1S/C17H18ClNO5/c1-22-14-8-16(24-3)15(23-2)6-10(14)9-19-11-4-5-12(17(20)21)13(18)7-11/h4-8,19H,9H2,1-3H3,(H,20,21). The zero-order valence-electron chi connectivity index (χ0n) is 13.6. The number of aromatic carboxylic acids is 1. The van der Waals surface area contributed by atoms with Gasteiger partial charge in [-0.1, -0.05) is 11.6 Å². The molecule has 2 aromatic carbocycles. The van der Waals surface area contributed by atoms with Crippen LogP contribution in [0.5, 0.6) is 17.2 Å². The van der Waals surface area contributed by atoms with Gasteiger partial charge in [-0.05, 0) is 24.3 Å². The number of hydrogen-bond donors (Lipinski definition) is 2. The molecular weight excluding hydrogens is 334 g/mol. The summed E-state index contributed by atoms with van der Waals surface area (Å²) in [5, 5.41) is 12.3. The molecule has 0 bridgehead atoms. The van der Waals surface area contributed by atoms with Crippen LogP contribution in [0.3, 0.4) is 0 Å². The predicted octanol–water partition coefficient (Wildman–Crippen LogP) is 3.68. The fourth-order valence-corrected chi connectivity index (χ4v) is 2.49. The largest absolute Gasteiger partial charge is 0.496 e. The maximum Gasteiger partial charge on any atom is 0.337 e. The highest BCUT2D eigenvalue weighted by Gasteiger charge is 2.13. The first kappa shape index (κ1) is 17.7. The summed E-state index contributed by atoms with van der Waals surface area (Å²) in [5.74, 6) is 0.753. The molecule has 0 unspecified atom stereocenters. The molecule has 128 valence electrons.